The Balaban J connectivity index is 1.35. The number of piperazine rings is 1. The second-order valence-corrected chi connectivity index (χ2v) is 11.0. The predicted molar refractivity (Wildman–Crippen MR) is 152 cm³/mol. The molecule has 1 aliphatic heterocycles. The summed E-state index contributed by atoms with van der Waals surface area (Å²) in [4.78, 5) is 40.4. The molecule has 1 aromatic carbocycles. The summed E-state index contributed by atoms with van der Waals surface area (Å²) < 4.78 is 39.0. The topological polar surface area (TPSA) is 81.7 Å². The Morgan fingerprint density at radius 2 is 1.85 bits per heavy atom. The summed E-state index contributed by atoms with van der Waals surface area (Å²) in [6.07, 6.45) is -2.15. The van der Waals surface area contributed by atoms with Gasteiger partial charge >= 0.3 is 12.2 Å². The van der Waals surface area contributed by atoms with Crippen molar-refractivity contribution in [2.45, 2.75) is 19.5 Å². The summed E-state index contributed by atoms with van der Waals surface area (Å²) in [5.41, 5.74) is 0.975. The van der Waals surface area contributed by atoms with Crippen molar-refractivity contribution in [1.82, 2.24) is 24.7 Å². The van der Waals surface area contributed by atoms with Gasteiger partial charge in [-0.2, -0.15) is 13.2 Å². The lowest BCUT2D eigenvalue weighted by molar-refractivity contribution is -0.137. The number of hydrogen-bond donors (Lipinski definition) is 1. The van der Waals surface area contributed by atoms with Gasteiger partial charge in [0.1, 0.15) is 0 Å². The number of hydrogen-bond acceptors (Lipinski definition) is 7. The number of carbonyl (C=O) groups is 2. The van der Waals surface area contributed by atoms with E-state index in [2.05, 4.69) is 44.0 Å². The molecule has 1 fully saturated rings. The Labute approximate surface area is 241 Å². The molecular weight excluding hydrogens is 553 g/mol. The smallest absolute Gasteiger partial charge is 0.326 e. The maximum absolute atomic E-state index is 13.0. The van der Waals surface area contributed by atoms with Gasteiger partial charge in [0, 0.05) is 69.3 Å². The van der Waals surface area contributed by atoms with E-state index >= 15 is 0 Å². The Hall–Kier alpha value is -3.79. The Morgan fingerprint density at radius 3 is 2.59 bits per heavy atom. The number of thiazole rings is 1. The van der Waals surface area contributed by atoms with Crippen molar-refractivity contribution in [3.05, 3.63) is 75.6 Å². The van der Waals surface area contributed by atoms with E-state index in [0.29, 0.717) is 27.7 Å². The summed E-state index contributed by atoms with van der Waals surface area (Å²) in [6, 6.07) is 6.50. The molecule has 2 amide bonds. The number of alkyl halides is 3. The summed E-state index contributed by atoms with van der Waals surface area (Å²) in [7, 11) is 3.86. The minimum atomic E-state index is -4.51. The van der Waals surface area contributed by atoms with Crippen LogP contribution in [0.25, 0.3) is 0 Å². The fourth-order valence-corrected chi connectivity index (χ4v) is 4.78. The number of aromatic nitrogens is 2. The number of pyridine rings is 1. The second kappa shape index (κ2) is 13.2. The summed E-state index contributed by atoms with van der Waals surface area (Å²) in [5, 5.41) is 3.24. The Bertz CT molecular complexity index is 1450. The van der Waals surface area contributed by atoms with E-state index in [1.165, 1.54) is 11.3 Å². The number of benzene rings is 1. The zero-order valence-electron chi connectivity index (χ0n) is 23.1. The number of rotatable bonds is 7. The van der Waals surface area contributed by atoms with Crippen LogP contribution in [0.2, 0.25) is 0 Å². The molecule has 0 atom stereocenters. The van der Waals surface area contributed by atoms with Gasteiger partial charge in [0.15, 0.2) is 10.9 Å². The fourth-order valence-electron chi connectivity index (χ4n) is 4.12. The van der Waals surface area contributed by atoms with Crippen molar-refractivity contribution in [2.24, 2.45) is 0 Å². The number of likely N-dealkylation sites (N-methyl/N-ethyl adjacent to an activating group) is 2. The lowest BCUT2D eigenvalue weighted by Gasteiger charge is -2.33. The predicted octanol–water partition coefficient (Wildman–Crippen LogP) is 4.40. The zero-order chi connectivity index (χ0) is 29.6. The van der Waals surface area contributed by atoms with Crippen LogP contribution >= 0.6 is 11.3 Å². The van der Waals surface area contributed by atoms with Gasteiger partial charge in [0.05, 0.1) is 23.1 Å². The van der Waals surface area contributed by atoms with Gasteiger partial charge in [0.2, 0.25) is 0 Å². The quantitative estimate of drug-likeness (QED) is 0.328. The molecule has 0 saturated carbocycles. The van der Waals surface area contributed by atoms with Crippen LogP contribution in [0, 0.1) is 18.8 Å². The third-order valence-electron chi connectivity index (χ3n) is 6.78. The molecule has 3 heterocycles. The first-order valence-electron chi connectivity index (χ1n) is 13.0. The van der Waals surface area contributed by atoms with Crippen molar-refractivity contribution >= 4 is 28.3 Å². The fraction of sp³-hybridized carbons (Fsp3) is 0.379. The number of carbonyl (C=O) groups excluding carboxylic acids is 2. The number of ketones is 1. The molecule has 0 spiro atoms. The maximum atomic E-state index is 13.0. The van der Waals surface area contributed by atoms with Gasteiger partial charge in [-0.25, -0.2) is 9.78 Å². The van der Waals surface area contributed by atoms with E-state index in [0.717, 1.165) is 56.6 Å². The minimum Gasteiger partial charge on any atom is -0.326 e. The normalized spacial score (nSPS) is 14.3. The molecule has 4 rings (SSSR count). The van der Waals surface area contributed by atoms with E-state index in [4.69, 9.17) is 0 Å². The monoisotopic (exact) mass is 584 g/mol. The largest absolute Gasteiger partial charge is 0.416 e. The maximum Gasteiger partial charge on any atom is 0.416 e. The molecule has 2 aromatic heterocycles. The molecule has 41 heavy (non-hydrogen) atoms. The number of Topliss-reactive ketones (excluding diaryl/α,β-unsaturated/α-hetero) is 1. The number of nitrogens with zero attached hydrogens (tertiary/aromatic N) is 5. The van der Waals surface area contributed by atoms with Crippen molar-refractivity contribution in [3.8, 4) is 11.8 Å². The Morgan fingerprint density at radius 1 is 1.10 bits per heavy atom. The van der Waals surface area contributed by atoms with E-state index < -0.39 is 11.7 Å². The lowest BCUT2D eigenvalue weighted by atomic mass is 10.00. The van der Waals surface area contributed by atoms with Gasteiger partial charge in [-0.15, -0.1) is 0 Å². The zero-order valence-corrected chi connectivity index (χ0v) is 23.9. The van der Waals surface area contributed by atoms with Gasteiger partial charge in [-0.3, -0.25) is 20.0 Å². The number of nitrogens with one attached hydrogen (secondary N) is 1. The van der Waals surface area contributed by atoms with Crippen molar-refractivity contribution < 1.29 is 22.8 Å². The molecule has 216 valence electrons. The average molecular weight is 585 g/mol. The molecule has 0 bridgehead atoms. The highest BCUT2D eigenvalue weighted by molar-refractivity contribution is 7.16. The highest BCUT2D eigenvalue weighted by Gasteiger charge is 2.30. The number of amides is 2. The first-order valence-corrected chi connectivity index (χ1v) is 13.9. The third-order valence-corrected chi connectivity index (χ3v) is 7.61. The van der Waals surface area contributed by atoms with Crippen LogP contribution in [-0.2, 0) is 12.6 Å². The Kier molecular flexibility index (Phi) is 9.75. The van der Waals surface area contributed by atoms with Crippen LogP contribution < -0.4 is 5.32 Å². The number of anilines is 1. The van der Waals surface area contributed by atoms with Crippen molar-refractivity contribution in [1.29, 1.82) is 0 Å². The molecule has 3 aromatic rings. The van der Waals surface area contributed by atoms with Gasteiger partial charge in [-0.1, -0.05) is 29.4 Å². The standard InChI is InChI=1S/C29H31F3N6O2S/c1-20-4-5-22(26(39)18-24-17-23(8-9-33-24)29(30,31)32)16-21(20)6-7-25-19-34-27(41-25)35-28(40)37(3)12-15-38-13-10-36(2)11-14-38/h4-5,8-9,16-17,19H,10-15,18H2,1-3H3,(H,34,35,40). The van der Waals surface area contributed by atoms with Crippen LogP contribution in [0.4, 0.5) is 23.1 Å². The van der Waals surface area contributed by atoms with Crippen LogP contribution in [0.3, 0.4) is 0 Å². The van der Waals surface area contributed by atoms with Gasteiger partial charge in [0.25, 0.3) is 0 Å². The van der Waals surface area contributed by atoms with Crippen molar-refractivity contribution in [2.75, 3.05) is 58.7 Å². The molecule has 12 heteroatoms. The minimum absolute atomic E-state index is 0.0437. The van der Waals surface area contributed by atoms with Crippen LogP contribution in [0.1, 0.15) is 37.6 Å². The third kappa shape index (κ3) is 8.60. The van der Waals surface area contributed by atoms with Gasteiger partial charge < -0.3 is 9.80 Å². The molecule has 0 unspecified atom stereocenters. The summed E-state index contributed by atoms with van der Waals surface area (Å²) in [5.74, 6) is 5.69. The molecule has 1 aliphatic rings. The summed E-state index contributed by atoms with van der Waals surface area (Å²) in [6.45, 7) is 7.29. The molecule has 8 nitrogen and oxygen atoms in total. The van der Waals surface area contributed by atoms with Gasteiger partial charge in [-0.05, 0) is 43.7 Å². The van der Waals surface area contributed by atoms with Crippen LogP contribution in [0.5, 0.6) is 0 Å². The number of halogens is 3. The first kappa shape index (κ1) is 30.2. The first-order chi connectivity index (χ1) is 19.5. The number of urea groups is 1. The summed E-state index contributed by atoms with van der Waals surface area (Å²) >= 11 is 1.24. The average Bonchev–Trinajstić information content (AvgIpc) is 3.38. The number of aryl methyl sites for hydroxylation is 1. The van der Waals surface area contributed by atoms with E-state index in [9.17, 15) is 22.8 Å². The highest BCUT2D eigenvalue weighted by atomic mass is 32.1. The highest BCUT2D eigenvalue weighted by Crippen LogP contribution is 2.29. The van der Waals surface area contributed by atoms with E-state index in [1.54, 1.807) is 36.3 Å². The van der Waals surface area contributed by atoms with Crippen molar-refractivity contribution in [3.63, 3.8) is 0 Å². The van der Waals surface area contributed by atoms with E-state index in [1.807, 2.05) is 6.92 Å². The molecule has 0 radical (unpaired) electrons. The van der Waals surface area contributed by atoms with Crippen LogP contribution in [-0.4, -0.2) is 89.8 Å². The SMILES string of the molecule is Cc1ccc(C(=O)Cc2cc(C(F)(F)F)ccn2)cc1C#Cc1cnc(NC(=O)N(C)CCN2CCN(C)CC2)s1. The van der Waals surface area contributed by atoms with Crippen LogP contribution in [0.15, 0.2) is 42.7 Å². The van der Waals surface area contributed by atoms with E-state index in [-0.39, 0.29) is 23.9 Å². The molecule has 1 N–H and O–H groups in total. The molecular formula is C29H31F3N6O2S. The lowest BCUT2D eigenvalue weighted by Crippen LogP contribution is -2.47. The second-order valence-electron chi connectivity index (χ2n) is 9.94. The molecule has 0 aliphatic carbocycles. The molecule has 1 saturated heterocycles.